The number of nitrogens with one attached hydrogen (secondary N) is 2. The lowest BCUT2D eigenvalue weighted by Crippen LogP contribution is -2.42. The molecular weight excluding hydrogens is 186 g/mol. The number of unbranched alkanes of at least 4 members (excludes halogenated alkanes) is 2. The maximum absolute atomic E-state index is 4.38. The van der Waals surface area contributed by atoms with Crippen LogP contribution in [-0.4, -0.2) is 25.1 Å². The van der Waals surface area contributed by atoms with Crippen molar-refractivity contribution >= 4 is 5.96 Å². The fourth-order valence-corrected chi connectivity index (χ4v) is 1.48. The molecule has 0 amide bonds. The van der Waals surface area contributed by atoms with E-state index >= 15 is 0 Å². The molecule has 0 aliphatic rings. The van der Waals surface area contributed by atoms with E-state index in [0.717, 1.165) is 19.0 Å². The SMILES string of the molecule is CCCCCC(C)NC(=NCC)NCC. The summed E-state index contributed by atoms with van der Waals surface area (Å²) in [7, 11) is 0. The van der Waals surface area contributed by atoms with Gasteiger partial charge in [-0.3, -0.25) is 4.99 Å². The predicted octanol–water partition coefficient (Wildman–Crippen LogP) is 2.53. The highest BCUT2D eigenvalue weighted by Gasteiger charge is 2.03. The summed E-state index contributed by atoms with van der Waals surface area (Å²) in [6.07, 6.45) is 5.14. The Labute approximate surface area is 94.7 Å². The predicted molar refractivity (Wildman–Crippen MR) is 68.4 cm³/mol. The fraction of sp³-hybridized carbons (Fsp3) is 0.917. The third kappa shape index (κ3) is 8.28. The molecule has 90 valence electrons. The monoisotopic (exact) mass is 213 g/mol. The molecule has 3 heteroatoms. The largest absolute Gasteiger partial charge is 0.357 e. The van der Waals surface area contributed by atoms with E-state index in [1.54, 1.807) is 0 Å². The van der Waals surface area contributed by atoms with Gasteiger partial charge in [-0.15, -0.1) is 0 Å². The molecular formula is C12H27N3. The van der Waals surface area contributed by atoms with Crippen molar-refractivity contribution in [3.8, 4) is 0 Å². The number of nitrogens with zero attached hydrogens (tertiary/aromatic N) is 1. The Kier molecular flexibility index (Phi) is 9.33. The first kappa shape index (κ1) is 14.3. The zero-order valence-electron chi connectivity index (χ0n) is 10.8. The van der Waals surface area contributed by atoms with Crippen molar-refractivity contribution in [3.63, 3.8) is 0 Å². The van der Waals surface area contributed by atoms with E-state index in [1.807, 2.05) is 0 Å². The minimum absolute atomic E-state index is 0.515. The number of rotatable bonds is 7. The van der Waals surface area contributed by atoms with Crippen molar-refractivity contribution in [1.29, 1.82) is 0 Å². The number of hydrogen-bond donors (Lipinski definition) is 2. The second-order valence-corrected chi connectivity index (χ2v) is 3.89. The molecule has 0 fully saturated rings. The van der Waals surface area contributed by atoms with Crippen LogP contribution in [0.1, 0.15) is 53.4 Å². The van der Waals surface area contributed by atoms with Crippen molar-refractivity contribution in [3.05, 3.63) is 0 Å². The highest BCUT2D eigenvalue weighted by atomic mass is 15.2. The maximum Gasteiger partial charge on any atom is 0.191 e. The van der Waals surface area contributed by atoms with Gasteiger partial charge in [0.25, 0.3) is 0 Å². The lowest BCUT2D eigenvalue weighted by molar-refractivity contribution is 0.547. The zero-order valence-corrected chi connectivity index (χ0v) is 10.8. The van der Waals surface area contributed by atoms with Gasteiger partial charge >= 0.3 is 0 Å². The Morgan fingerprint density at radius 1 is 1.20 bits per heavy atom. The summed E-state index contributed by atoms with van der Waals surface area (Å²) in [6, 6.07) is 0.515. The molecule has 1 atom stereocenters. The van der Waals surface area contributed by atoms with Crippen LogP contribution < -0.4 is 10.6 Å². The van der Waals surface area contributed by atoms with E-state index in [2.05, 4.69) is 43.3 Å². The molecule has 0 heterocycles. The average molecular weight is 213 g/mol. The Bertz CT molecular complexity index is 166. The molecule has 0 aliphatic heterocycles. The minimum atomic E-state index is 0.515. The molecule has 0 aromatic carbocycles. The van der Waals surface area contributed by atoms with Crippen LogP contribution >= 0.6 is 0 Å². The van der Waals surface area contributed by atoms with Crippen molar-refractivity contribution in [1.82, 2.24) is 10.6 Å². The second kappa shape index (κ2) is 9.81. The van der Waals surface area contributed by atoms with Crippen LogP contribution in [0.3, 0.4) is 0 Å². The van der Waals surface area contributed by atoms with Crippen molar-refractivity contribution < 1.29 is 0 Å². The maximum atomic E-state index is 4.38. The Hall–Kier alpha value is -0.730. The van der Waals surface area contributed by atoms with E-state index in [9.17, 15) is 0 Å². The van der Waals surface area contributed by atoms with Gasteiger partial charge in [0.1, 0.15) is 0 Å². The van der Waals surface area contributed by atoms with E-state index in [4.69, 9.17) is 0 Å². The molecule has 1 unspecified atom stereocenters. The summed E-state index contributed by atoms with van der Waals surface area (Å²) >= 11 is 0. The van der Waals surface area contributed by atoms with E-state index in [-0.39, 0.29) is 0 Å². The first-order chi connectivity index (χ1) is 7.24. The molecule has 0 radical (unpaired) electrons. The minimum Gasteiger partial charge on any atom is -0.357 e. The first-order valence-electron chi connectivity index (χ1n) is 6.29. The quantitative estimate of drug-likeness (QED) is 0.387. The molecule has 15 heavy (non-hydrogen) atoms. The smallest absolute Gasteiger partial charge is 0.191 e. The average Bonchev–Trinajstić information content (AvgIpc) is 2.19. The Morgan fingerprint density at radius 3 is 2.47 bits per heavy atom. The summed E-state index contributed by atoms with van der Waals surface area (Å²) in [4.78, 5) is 4.38. The molecule has 0 rings (SSSR count). The molecule has 0 aromatic rings. The molecule has 0 saturated carbocycles. The van der Waals surface area contributed by atoms with Gasteiger partial charge in [-0.1, -0.05) is 26.2 Å². The molecule has 3 nitrogen and oxygen atoms in total. The Morgan fingerprint density at radius 2 is 1.93 bits per heavy atom. The van der Waals surface area contributed by atoms with Gasteiger partial charge in [0.2, 0.25) is 0 Å². The van der Waals surface area contributed by atoms with Crippen molar-refractivity contribution in [2.24, 2.45) is 4.99 Å². The summed E-state index contributed by atoms with van der Waals surface area (Å²) in [6.45, 7) is 10.4. The fourth-order valence-electron chi connectivity index (χ4n) is 1.48. The molecule has 0 spiro atoms. The standard InChI is InChI=1S/C12H27N3/c1-5-8-9-10-11(4)15-12(13-6-2)14-7-3/h11H,5-10H2,1-4H3,(H2,13,14,15). The van der Waals surface area contributed by atoms with Crippen LogP contribution in [0.5, 0.6) is 0 Å². The van der Waals surface area contributed by atoms with E-state index in [0.29, 0.717) is 6.04 Å². The first-order valence-corrected chi connectivity index (χ1v) is 6.29. The highest BCUT2D eigenvalue weighted by Crippen LogP contribution is 2.02. The summed E-state index contributed by atoms with van der Waals surface area (Å²) in [5.41, 5.74) is 0. The van der Waals surface area contributed by atoms with E-state index < -0.39 is 0 Å². The topological polar surface area (TPSA) is 36.4 Å². The van der Waals surface area contributed by atoms with Crippen LogP contribution in [0.25, 0.3) is 0 Å². The van der Waals surface area contributed by atoms with Gasteiger partial charge in [-0.2, -0.15) is 0 Å². The van der Waals surface area contributed by atoms with Gasteiger partial charge in [0, 0.05) is 19.1 Å². The summed E-state index contributed by atoms with van der Waals surface area (Å²) in [5, 5.41) is 6.66. The van der Waals surface area contributed by atoms with Gasteiger partial charge in [-0.05, 0) is 27.2 Å². The molecule has 0 saturated heterocycles. The summed E-state index contributed by atoms with van der Waals surface area (Å²) < 4.78 is 0. The third-order valence-corrected chi connectivity index (χ3v) is 2.28. The zero-order chi connectivity index (χ0) is 11.5. The molecule has 0 aromatic heterocycles. The molecule has 2 N–H and O–H groups in total. The lowest BCUT2D eigenvalue weighted by Gasteiger charge is -2.17. The van der Waals surface area contributed by atoms with Gasteiger partial charge in [0.15, 0.2) is 5.96 Å². The van der Waals surface area contributed by atoms with Crippen LogP contribution in [0, 0.1) is 0 Å². The molecule has 0 aliphatic carbocycles. The van der Waals surface area contributed by atoms with Gasteiger partial charge in [-0.25, -0.2) is 0 Å². The normalized spacial score (nSPS) is 13.7. The van der Waals surface area contributed by atoms with E-state index in [1.165, 1.54) is 25.7 Å². The van der Waals surface area contributed by atoms with Crippen LogP contribution in [0.15, 0.2) is 4.99 Å². The summed E-state index contributed by atoms with van der Waals surface area (Å²) in [5.74, 6) is 0.948. The van der Waals surface area contributed by atoms with Crippen molar-refractivity contribution in [2.75, 3.05) is 13.1 Å². The van der Waals surface area contributed by atoms with Gasteiger partial charge in [0.05, 0.1) is 0 Å². The second-order valence-electron chi connectivity index (χ2n) is 3.89. The number of hydrogen-bond acceptors (Lipinski definition) is 1. The third-order valence-electron chi connectivity index (χ3n) is 2.28. The van der Waals surface area contributed by atoms with Crippen molar-refractivity contribution in [2.45, 2.75) is 59.4 Å². The molecule has 0 bridgehead atoms. The van der Waals surface area contributed by atoms with Crippen LogP contribution in [-0.2, 0) is 0 Å². The van der Waals surface area contributed by atoms with Crippen LogP contribution in [0.4, 0.5) is 0 Å². The Balaban J connectivity index is 3.78. The number of guanidine groups is 1. The highest BCUT2D eigenvalue weighted by molar-refractivity contribution is 5.79. The van der Waals surface area contributed by atoms with Crippen LogP contribution in [0.2, 0.25) is 0 Å². The number of aliphatic imine (C=N–C) groups is 1. The lowest BCUT2D eigenvalue weighted by atomic mass is 10.1. The van der Waals surface area contributed by atoms with Gasteiger partial charge < -0.3 is 10.6 Å².